The smallest absolute Gasteiger partial charge is 0.236 e. The zero-order valence-corrected chi connectivity index (χ0v) is 13.3. The molecule has 108 valence electrons. The van der Waals surface area contributed by atoms with Crippen molar-refractivity contribution in [3.63, 3.8) is 0 Å². The minimum Gasteiger partial charge on any atom is -0.236 e. The highest BCUT2D eigenvalue weighted by Gasteiger charge is 2.25. The van der Waals surface area contributed by atoms with E-state index in [2.05, 4.69) is 5.10 Å². The van der Waals surface area contributed by atoms with Crippen molar-refractivity contribution in [3.8, 4) is 5.69 Å². The number of rotatable bonds is 4. The number of benzene rings is 1. The van der Waals surface area contributed by atoms with Crippen LogP contribution < -0.4 is 0 Å². The van der Waals surface area contributed by atoms with Gasteiger partial charge in [-0.3, -0.25) is 0 Å². The van der Waals surface area contributed by atoms with Crippen LogP contribution in [0.5, 0.6) is 0 Å². The highest BCUT2D eigenvalue weighted by atomic mass is 35.7. The van der Waals surface area contributed by atoms with E-state index in [1.807, 2.05) is 45.0 Å². The lowest BCUT2D eigenvalue weighted by Gasteiger charge is -2.07. The number of hydrogen-bond acceptors (Lipinski definition) is 3. The van der Waals surface area contributed by atoms with Gasteiger partial charge in [-0.1, -0.05) is 26.0 Å². The molecule has 4 nitrogen and oxygen atoms in total. The molecule has 20 heavy (non-hydrogen) atoms. The second-order valence-electron chi connectivity index (χ2n) is 4.62. The summed E-state index contributed by atoms with van der Waals surface area (Å²) in [7, 11) is 1.78. The van der Waals surface area contributed by atoms with Crippen molar-refractivity contribution in [1.82, 2.24) is 9.78 Å². The van der Waals surface area contributed by atoms with Gasteiger partial charge in [-0.05, 0) is 37.5 Å². The van der Waals surface area contributed by atoms with E-state index >= 15 is 0 Å². The lowest BCUT2D eigenvalue weighted by Crippen LogP contribution is -2.04. The normalized spacial score (nSPS) is 11.8. The molecule has 0 atom stereocenters. The van der Waals surface area contributed by atoms with E-state index in [9.17, 15) is 8.42 Å². The molecule has 0 aliphatic heterocycles. The van der Waals surface area contributed by atoms with Crippen molar-refractivity contribution in [3.05, 3.63) is 41.2 Å². The van der Waals surface area contributed by atoms with Crippen molar-refractivity contribution in [2.24, 2.45) is 0 Å². The zero-order valence-electron chi connectivity index (χ0n) is 11.7. The molecule has 1 aromatic carbocycles. The van der Waals surface area contributed by atoms with Crippen molar-refractivity contribution in [2.45, 2.75) is 38.5 Å². The first-order valence-electron chi connectivity index (χ1n) is 6.51. The van der Waals surface area contributed by atoms with Crippen LogP contribution in [-0.2, 0) is 21.9 Å². The molecule has 0 spiro atoms. The first kappa shape index (κ1) is 15.1. The maximum Gasteiger partial charge on any atom is 0.265 e. The third-order valence-electron chi connectivity index (χ3n) is 3.16. The van der Waals surface area contributed by atoms with E-state index in [1.54, 1.807) is 4.68 Å². The minimum atomic E-state index is -3.80. The van der Waals surface area contributed by atoms with E-state index < -0.39 is 9.05 Å². The van der Waals surface area contributed by atoms with Crippen molar-refractivity contribution in [2.75, 3.05) is 0 Å². The molecular weight excluding hydrogens is 296 g/mol. The van der Waals surface area contributed by atoms with E-state index in [4.69, 9.17) is 10.7 Å². The SMILES string of the molecule is CCc1nn(-c2cccc(C)c2)c(CC)c1S(=O)(=O)Cl. The van der Waals surface area contributed by atoms with Crippen molar-refractivity contribution in [1.29, 1.82) is 0 Å². The summed E-state index contributed by atoms with van der Waals surface area (Å²) < 4.78 is 25.3. The van der Waals surface area contributed by atoms with Gasteiger partial charge in [0.15, 0.2) is 0 Å². The highest BCUT2D eigenvalue weighted by Crippen LogP contribution is 2.27. The van der Waals surface area contributed by atoms with Crippen LogP contribution in [0.2, 0.25) is 0 Å². The van der Waals surface area contributed by atoms with Crippen LogP contribution in [0, 0.1) is 6.92 Å². The minimum absolute atomic E-state index is 0.158. The fourth-order valence-corrected chi connectivity index (χ4v) is 3.80. The predicted molar refractivity (Wildman–Crippen MR) is 80.1 cm³/mol. The summed E-state index contributed by atoms with van der Waals surface area (Å²) in [5, 5.41) is 4.43. The van der Waals surface area contributed by atoms with E-state index in [-0.39, 0.29) is 4.90 Å². The molecule has 6 heteroatoms. The molecule has 0 amide bonds. The number of hydrogen-bond donors (Lipinski definition) is 0. The van der Waals surface area contributed by atoms with Crippen molar-refractivity contribution >= 4 is 19.7 Å². The van der Waals surface area contributed by atoms with Crippen molar-refractivity contribution < 1.29 is 8.42 Å². The Morgan fingerprint density at radius 3 is 2.45 bits per heavy atom. The Kier molecular flexibility index (Phi) is 4.20. The lowest BCUT2D eigenvalue weighted by molar-refractivity contribution is 0.607. The van der Waals surface area contributed by atoms with E-state index in [0.29, 0.717) is 24.2 Å². The van der Waals surface area contributed by atoms with Gasteiger partial charge in [0.2, 0.25) is 0 Å². The van der Waals surface area contributed by atoms with Crippen LogP contribution in [0.3, 0.4) is 0 Å². The van der Waals surface area contributed by atoms with Gasteiger partial charge >= 0.3 is 0 Å². The quantitative estimate of drug-likeness (QED) is 0.814. The summed E-state index contributed by atoms with van der Waals surface area (Å²) in [4.78, 5) is 0.158. The molecule has 0 fully saturated rings. The monoisotopic (exact) mass is 312 g/mol. The molecule has 0 radical (unpaired) electrons. The van der Waals surface area contributed by atoms with Gasteiger partial charge in [0.05, 0.1) is 17.1 Å². The molecule has 2 rings (SSSR count). The molecular formula is C14H17ClN2O2S. The van der Waals surface area contributed by atoms with Crippen LogP contribution >= 0.6 is 10.7 Å². The third-order valence-corrected chi connectivity index (χ3v) is 4.58. The van der Waals surface area contributed by atoms with Gasteiger partial charge in [0.25, 0.3) is 9.05 Å². The fraction of sp³-hybridized carbons (Fsp3) is 0.357. The van der Waals surface area contributed by atoms with Gasteiger partial charge in [0.1, 0.15) is 4.90 Å². The van der Waals surface area contributed by atoms with Crippen LogP contribution in [0.15, 0.2) is 29.2 Å². The van der Waals surface area contributed by atoms with Crippen LogP contribution in [0.25, 0.3) is 5.69 Å². The number of nitrogens with zero attached hydrogens (tertiary/aromatic N) is 2. The number of aromatic nitrogens is 2. The molecule has 1 heterocycles. The topological polar surface area (TPSA) is 52.0 Å². The van der Waals surface area contributed by atoms with Gasteiger partial charge in [-0.25, -0.2) is 13.1 Å². The maximum absolute atomic E-state index is 11.8. The Morgan fingerprint density at radius 2 is 1.95 bits per heavy atom. The summed E-state index contributed by atoms with van der Waals surface area (Å²) in [6.45, 7) is 5.75. The standard InChI is InChI=1S/C14H17ClN2O2S/c1-4-12-14(20(15,18)19)13(5-2)17(16-12)11-8-6-7-10(3)9-11/h6-9H,4-5H2,1-3H3. The number of halogens is 1. The maximum atomic E-state index is 11.8. The zero-order chi connectivity index (χ0) is 14.9. The van der Waals surface area contributed by atoms with Gasteiger partial charge in [0, 0.05) is 10.7 Å². The molecule has 0 saturated carbocycles. The second kappa shape index (κ2) is 5.58. The molecule has 0 N–H and O–H groups in total. The summed E-state index contributed by atoms with van der Waals surface area (Å²) in [5.74, 6) is 0. The van der Waals surface area contributed by atoms with Gasteiger partial charge in [-0.2, -0.15) is 5.10 Å². The molecule has 2 aromatic rings. The molecule has 0 bridgehead atoms. The van der Waals surface area contributed by atoms with Crippen LogP contribution in [-0.4, -0.2) is 18.2 Å². The summed E-state index contributed by atoms with van der Waals surface area (Å²) in [5.41, 5.74) is 3.08. The molecule has 1 aromatic heterocycles. The Labute approximate surface area is 123 Å². The van der Waals surface area contributed by atoms with E-state index in [1.165, 1.54) is 0 Å². The molecule has 0 saturated heterocycles. The first-order valence-corrected chi connectivity index (χ1v) is 8.81. The predicted octanol–water partition coefficient (Wildman–Crippen LogP) is 3.23. The van der Waals surface area contributed by atoms with E-state index in [0.717, 1.165) is 11.3 Å². The Hall–Kier alpha value is -1.33. The fourth-order valence-electron chi connectivity index (χ4n) is 2.29. The van der Waals surface area contributed by atoms with Crippen LogP contribution in [0.1, 0.15) is 30.8 Å². The summed E-state index contributed by atoms with van der Waals surface area (Å²) in [6.07, 6.45) is 1.06. The Morgan fingerprint density at radius 1 is 1.25 bits per heavy atom. The van der Waals surface area contributed by atoms with Gasteiger partial charge < -0.3 is 0 Å². The average Bonchev–Trinajstić information content (AvgIpc) is 2.77. The molecule has 0 aliphatic rings. The van der Waals surface area contributed by atoms with Gasteiger partial charge in [-0.15, -0.1) is 0 Å². The Bertz CT molecular complexity index is 736. The Balaban J connectivity index is 2.76. The number of aryl methyl sites for hydroxylation is 2. The van der Waals surface area contributed by atoms with Crippen LogP contribution in [0.4, 0.5) is 0 Å². The third kappa shape index (κ3) is 2.74. The molecule has 0 aliphatic carbocycles. The lowest BCUT2D eigenvalue weighted by atomic mass is 10.2. The highest BCUT2D eigenvalue weighted by molar-refractivity contribution is 8.13. The second-order valence-corrected chi connectivity index (χ2v) is 7.12. The molecule has 0 unspecified atom stereocenters. The summed E-state index contributed by atoms with van der Waals surface area (Å²) >= 11 is 0. The average molecular weight is 313 g/mol. The summed E-state index contributed by atoms with van der Waals surface area (Å²) in [6, 6.07) is 7.78. The largest absolute Gasteiger partial charge is 0.265 e. The first-order chi connectivity index (χ1) is 9.38.